The molecule has 0 N–H and O–H groups in total. The summed E-state index contributed by atoms with van der Waals surface area (Å²) in [6.07, 6.45) is 12.6. The molecule has 2 nitrogen and oxygen atoms in total. The first-order valence-electron chi connectivity index (χ1n) is 12.3. The van der Waals surface area contributed by atoms with Crippen LogP contribution in [0.1, 0.15) is 83.3 Å². The summed E-state index contributed by atoms with van der Waals surface area (Å²) in [6, 6.07) is 6.89. The minimum atomic E-state index is -1.83. The SMILES string of the molecule is C#CCC[C@@H]1C[C@H]2[C@@H]3CCc4cc(O[Si](C)(C)C(C)(C)C)ccc4[C@H]3CC[C@]2(C)C1=O. The molecule has 2 fully saturated rings. The van der Waals surface area contributed by atoms with E-state index in [1.54, 1.807) is 0 Å². The van der Waals surface area contributed by atoms with Crippen LogP contribution in [0.3, 0.4) is 0 Å². The van der Waals surface area contributed by atoms with Gasteiger partial charge >= 0.3 is 0 Å². The predicted octanol–water partition coefficient (Wildman–Crippen LogP) is 7.14. The van der Waals surface area contributed by atoms with Crippen LogP contribution in [0.2, 0.25) is 18.1 Å². The third-order valence-electron chi connectivity index (χ3n) is 9.38. The van der Waals surface area contributed by atoms with Gasteiger partial charge in [-0.25, -0.2) is 0 Å². The fraction of sp³-hybridized carbons (Fsp3) is 0.679. The van der Waals surface area contributed by atoms with Crippen molar-refractivity contribution >= 4 is 14.1 Å². The fourth-order valence-electron chi connectivity index (χ4n) is 6.52. The number of Topliss-reactive ketones (excluding diaryl/α,β-unsaturated/α-hetero) is 1. The van der Waals surface area contributed by atoms with Crippen LogP contribution in [0.4, 0.5) is 0 Å². The molecule has 31 heavy (non-hydrogen) atoms. The quantitative estimate of drug-likeness (QED) is 0.370. The molecule has 3 aliphatic carbocycles. The second kappa shape index (κ2) is 7.80. The van der Waals surface area contributed by atoms with E-state index < -0.39 is 8.32 Å². The molecule has 0 saturated heterocycles. The molecular weight excluding hydrogens is 396 g/mol. The molecule has 0 unspecified atom stereocenters. The standard InChI is InChI=1S/C28H40O2Si/c1-8-9-10-20-18-25-24-13-11-19-17-21(30-31(6,7)27(2,3)4)12-14-22(19)23(24)15-16-28(25,5)26(20)29/h1,12,14,17,20,23-25H,9-11,13,15-16,18H2,2-7H3/t20-,23-,24-,25+,28+/m1/s1. The van der Waals surface area contributed by atoms with Crippen LogP contribution < -0.4 is 4.43 Å². The van der Waals surface area contributed by atoms with Crippen molar-refractivity contribution in [1.29, 1.82) is 0 Å². The molecule has 0 bridgehead atoms. The van der Waals surface area contributed by atoms with Crippen LogP contribution in [0.15, 0.2) is 18.2 Å². The molecule has 4 rings (SSSR count). The third-order valence-corrected chi connectivity index (χ3v) is 13.7. The van der Waals surface area contributed by atoms with Gasteiger partial charge in [-0.2, -0.15) is 0 Å². The molecule has 0 heterocycles. The van der Waals surface area contributed by atoms with Gasteiger partial charge < -0.3 is 4.43 Å². The van der Waals surface area contributed by atoms with Gasteiger partial charge in [0.25, 0.3) is 0 Å². The summed E-state index contributed by atoms with van der Waals surface area (Å²) in [4.78, 5) is 13.3. The number of benzene rings is 1. The Morgan fingerprint density at radius 3 is 2.68 bits per heavy atom. The third kappa shape index (κ3) is 3.80. The number of fused-ring (bicyclic) bond motifs is 5. The lowest BCUT2D eigenvalue weighted by Crippen LogP contribution is -2.44. The molecule has 0 radical (unpaired) electrons. The molecule has 0 spiro atoms. The molecule has 168 valence electrons. The zero-order chi connectivity index (χ0) is 22.6. The lowest BCUT2D eigenvalue weighted by Gasteiger charge is -2.48. The van der Waals surface area contributed by atoms with Gasteiger partial charge in [-0.15, -0.1) is 12.3 Å². The lowest BCUT2D eigenvalue weighted by molar-refractivity contribution is -0.132. The molecule has 1 aromatic carbocycles. The lowest BCUT2D eigenvalue weighted by atomic mass is 9.55. The molecule has 0 aromatic heterocycles. The van der Waals surface area contributed by atoms with Crippen molar-refractivity contribution in [3.05, 3.63) is 29.3 Å². The molecule has 1 aromatic rings. The molecule has 5 atom stereocenters. The maximum absolute atomic E-state index is 13.3. The molecular formula is C28H40O2Si. The largest absolute Gasteiger partial charge is 0.543 e. The molecule has 3 heteroatoms. The fourth-order valence-corrected chi connectivity index (χ4v) is 7.54. The van der Waals surface area contributed by atoms with Crippen molar-refractivity contribution in [3.63, 3.8) is 0 Å². The first-order chi connectivity index (χ1) is 14.5. The zero-order valence-corrected chi connectivity index (χ0v) is 21.4. The number of hydrogen-bond donors (Lipinski definition) is 0. The minimum absolute atomic E-state index is 0.122. The van der Waals surface area contributed by atoms with Gasteiger partial charge in [0.05, 0.1) is 0 Å². The minimum Gasteiger partial charge on any atom is -0.543 e. The Morgan fingerprint density at radius 1 is 1.26 bits per heavy atom. The van der Waals surface area contributed by atoms with Crippen LogP contribution >= 0.6 is 0 Å². The second-order valence-electron chi connectivity index (χ2n) is 12.1. The van der Waals surface area contributed by atoms with Crippen LogP contribution in [0, 0.1) is 35.5 Å². The highest BCUT2D eigenvalue weighted by atomic mass is 28.4. The highest BCUT2D eigenvalue weighted by Crippen LogP contribution is 2.61. The van der Waals surface area contributed by atoms with Crippen LogP contribution in [0.25, 0.3) is 0 Å². The van der Waals surface area contributed by atoms with E-state index in [-0.39, 0.29) is 16.4 Å². The Labute approximate surface area is 190 Å². The second-order valence-corrected chi connectivity index (χ2v) is 16.9. The zero-order valence-electron chi connectivity index (χ0n) is 20.4. The molecule has 0 amide bonds. The van der Waals surface area contributed by atoms with Crippen molar-refractivity contribution < 1.29 is 9.22 Å². The van der Waals surface area contributed by atoms with Gasteiger partial charge in [-0.3, -0.25) is 4.79 Å². The maximum atomic E-state index is 13.3. The summed E-state index contributed by atoms with van der Waals surface area (Å²) < 4.78 is 6.60. The number of hydrogen-bond acceptors (Lipinski definition) is 2. The van der Waals surface area contributed by atoms with Crippen molar-refractivity contribution in [1.82, 2.24) is 0 Å². The van der Waals surface area contributed by atoms with E-state index in [0.29, 0.717) is 23.5 Å². The number of rotatable bonds is 4. The van der Waals surface area contributed by atoms with Gasteiger partial charge in [-0.05, 0) is 97.7 Å². The Hall–Kier alpha value is -1.53. The van der Waals surface area contributed by atoms with Crippen LogP contribution in [0.5, 0.6) is 5.75 Å². The van der Waals surface area contributed by atoms with Crippen molar-refractivity contribution in [3.8, 4) is 18.1 Å². The van der Waals surface area contributed by atoms with E-state index in [1.165, 1.54) is 17.5 Å². The topological polar surface area (TPSA) is 26.3 Å². The molecule has 3 aliphatic rings. The smallest absolute Gasteiger partial charge is 0.250 e. The van der Waals surface area contributed by atoms with Gasteiger partial charge in [0, 0.05) is 17.8 Å². The first-order valence-corrected chi connectivity index (χ1v) is 15.2. The monoisotopic (exact) mass is 436 g/mol. The van der Waals surface area contributed by atoms with Gasteiger partial charge in [0.15, 0.2) is 0 Å². The van der Waals surface area contributed by atoms with E-state index in [2.05, 4.69) is 64.9 Å². The van der Waals surface area contributed by atoms with E-state index in [1.807, 2.05) is 0 Å². The summed E-state index contributed by atoms with van der Waals surface area (Å²) in [5, 5.41) is 0.201. The van der Waals surface area contributed by atoms with Crippen LogP contribution in [-0.2, 0) is 11.2 Å². The normalized spacial score (nSPS) is 32.6. The van der Waals surface area contributed by atoms with E-state index in [4.69, 9.17) is 10.8 Å². The van der Waals surface area contributed by atoms with Crippen molar-refractivity contribution in [2.75, 3.05) is 0 Å². The average Bonchev–Trinajstić information content (AvgIpc) is 2.95. The predicted molar refractivity (Wildman–Crippen MR) is 131 cm³/mol. The number of aryl methyl sites for hydroxylation is 1. The van der Waals surface area contributed by atoms with Crippen LogP contribution in [-0.4, -0.2) is 14.1 Å². The molecule has 2 saturated carbocycles. The summed E-state index contributed by atoms with van der Waals surface area (Å²) >= 11 is 0. The number of carbonyl (C=O) groups is 1. The molecule has 0 aliphatic heterocycles. The number of carbonyl (C=O) groups excluding carboxylic acids is 1. The summed E-state index contributed by atoms with van der Waals surface area (Å²) in [5.74, 6) is 6.26. The summed E-state index contributed by atoms with van der Waals surface area (Å²) in [6.45, 7) is 13.8. The Morgan fingerprint density at radius 2 is 2.00 bits per heavy atom. The Bertz CT molecular complexity index is 903. The van der Waals surface area contributed by atoms with Crippen molar-refractivity contribution in [2.45, 2.75) is 96.7 Å². The Kier molecular flexibility index (Phi) is 5.70. The van der Waals surface area contributed by atoms with E-state index in [9.17, 15) is 4.79 Å². The Balaban J connectivity index is 1.56. The van der Waals surface area contributed by atoms with E-state index in [0.717, 1.165) is 44.3 Å². The summed E-state index contributed by atoms with van der Waals surface area (Å²) in [7, 11) is -1.83. The average molecular weight is 437 g/mol. The highest BCUT2D eigenvalue weighted by molar-refractivity contribution is 6.74. The first kappa shape index (κ1) is 22.7. The highest BCUT2D eigenvalue weighted by Gasteiger charge is 2.57. The number of ketones is 1. The van der Waals surface area contributed by atoms with Gasteiger partial charge in [0.2, 0.25) is 8.32 Å². The van der Waals surface area contributed by atoms with Crippen molar-refractivity contribution in [2.24, 2.45) is 23.2 Å². The van der Waals surface area contributed by atoms with Gasteiger partial charge in [-0.1, -0.05) is 33.8 Å². The number of terminal acetylenes is 1. The maximum Gasteiger partial charge on any atom is 0.250 e. The van der Waals surface area contributed by atoms with Gasteiger partial charge in [0.1, 0.15) is 11.5 Å². The van der Waals surface area contributed by atoms with E-state index >= 15 is 0 Å². The summed E-state index contributed by atoms with van der Waals surface area (Å²) in [5.41, 5.74) is 2.89.